The maximum atomic E-state index is 12.4. The molecule has 8 heteroatoms. The monoisotopic (exact) mass is 240 g/mol. The molecule has 0 saturated carbocycles. The van der Waals surface area contributed by atoms with Crippen LogP contribution in [-0.2, 0) is 6.61 Å². The summed E-state index contributed by atoms with van der Waals surface area (Å²) in [5.41, 5.74) is 0.216. The Hall–Kier alpha value is -1.44. The van der Waals surface area contributed by atoms with Crippen molar-refractivity contribution < 1.29 is 27.4 Å². The number of ether oxygens (including phenoxy) is 1. The number of alkyl halides is 4. The largest absolute Gasteiger partial charge is 0.470 e. The molecule has 1 N–H and O–H groups in total. The van der Waals surface area contributed by atoms with Gasteiger partial charge in [-0.25, -0.2) is 13.8 Å². The van der Waals surface area contributed by atoms with Crippen LogP contribution in [0.1, 0.15) is 5.69 Å². The van der Waals surface area contributed by atoms with Crippen LogP contribution in [0.4, 0.5) is 17.6 Å². The first-order valence-electron chi connectivity index (χ1n) is 4.16. The second kappa shape index (κ2) is 5.06. The summed E-state index contributed by atoms with van der Waals surface area (Å²) >= 11 is 0. The van der Waals surface area contributed by atoms with Crippen molar-refractivity contribution in [1.29, 1.82) is 0 Å². The van der Waals surface area contributed by atoms with E-state index in [4.69, 9.17) is 5.11 Å². The normalized spacial score (nSPS) is 11.9. The predicted molar refractivity (Wildman–Crippen MR) is 44.4 cm³/mol. The summed E-state index contributed by atoms with van der Waals surface area (Å²) in [6.45, 7) is -1.84. The van der Waals surface area contributed by atoms with Crippen molar-refractivity contribution in [3.63, 3.8) is 0 Å². The summed E-state index contributed by atoms with van der Waals surface area (Å²) in [5, 5.41) is 8.60. The fourth-order valence-electron chi connectivity index (χ4n) is 0.732. The SMILES string of the molecule is OCc1cnc(OCC(F)(F)C(F)F)cn1. The van der Waals surface area contributed by atoms with E-state index in [1.165, 1.54) is 0 Å². The van der Waals surface area contributed by atoms with Gasteiger partial charge in [-0.1, -0.05) is 0 Å². The van der Waals surface area contributed by atoms with Gasteiger partial charge in [-0.2, -0.15) is 8.78 Å². The Morgan fingerprint density at radius 1 is 1.31 bits per heavy atom. The number of halogens is 4. The van der Waals surface area contributed by atoms with E-state index < -0.39 is 19.0 Å². The van der Waals surface area contributed by atoms with Gasteiger partial charge in [0.15, 0.2) is 6.61 Å². The third kappa shape index (κ3) is 3.30. The number of rotatable bonds is 5. The lowest BCUT2D eigenvalue weighted by molar-refractivity contribution is -0.148. The summed E-state index contributed by atoms with van der Waals surface area (Å²) in [4.78, 5) is 7.06. The molecular weight excluding hydrogens is 232 g/mol. The van der Waals surface area contributed by atoms with Gasteiger partial charge in [0.2, 0.25) is 5.88 Å². The summed E-state index contributed by atoms with van der Waals surface area (Å²) in [7, 11) is 0. The highest BCUT2D eigenvalue weighted by Crippen LogP contribution is 2.23. The van der Waals surface area contributed by atoms with Gasteiger partial charge in [0.25, 0.3) is 0 Å². The van der Waals surface area contributed by atoms with Gasteiger partial charge < -0.3 is 9.84 Å². The number of aliphatic hydroxyl groups is 1. The summed E-state index contributed by atoms with van der Waals surface area (Å²) < 4.78 is 52.6. The molecule has 0 aliphatic heterocycles. The molecule has 1 aromatic rings. The van der Waals surface area contributed by atoms with E-state index in [9.17, 15) is 17.6 Å². The highest BCUT2D eigenvalue weighted by atomic mass is 19.3. The maximum Gasteiger partial charge on any atom is 0.340 e. The van der Waals surface area contributed by atoms with Crippen molar-refractivity contribution in [1.82, 2.24) is 9.97 Å². The molecule has 0 aliphatic carbocycles. The van der Waals surface area contributed by atoms with Crippen molar-refractivity contribution in [2.24, 2.45) is 0 Å². The van der Waals surface area contributed by atoms with Crippen LogP contribution in [-0.4, -0.2) is 34.0 Å². The lowest BCUT2D eigenvalue weighted by Gasteiger charge is -2.15. The first-order chi connectivity index (χ1) is 7.45. The zero-order chi connectivity index (χ0) is 12.2. The second-order valence-electron chi connectivity index (χ2n) is 2.85. The van der Waals surface area contributed by atoms with Gasteiger partial charge in [-0.15, -0.1) is 0 Å². The molecule has 0 fully saturated rings. The van der Waals surface area contributed by atoms with E-state index in [0.29, 0.717) is 0 Å². The van der Waals surface area contributed by atoms with Gasteiger partial charge in [0.1, 0.15) is 0 Å². The van der Waals surface area contributed by atoms with E-state index >= 15 is 0 Å². The molecule has 0 radical (unpaired) electrons. The van der Waals surface area contributed by atoms with E-state index in [-0.39, 0.29) is 18.2 Å². The number of hydrogen-bond donors (Lipinski definition) is 1. The zero-order valence-electron chi connectivity index (χ0n) is 7.91. The topological polar surface area (TPSA) is 55.2 Å². The Balaban J connectivity index is 2.54. The van der Waals surface area contributed by atoms with Crippen molar-refractivity contribution in [3.05, 3.63) is 18.1 Å². The van der Waals surface area contributed by atoms with Crippen molar-refractivity contribution in [3.8, 4) is 5.88 Å². The first-order valence-corrected chi connectivity index (χ1v) is 4.16. The van der Waals surface area contributed by atoms with Crippen molar-refractivity contribution >= 4 is 0 Å². The number of nitrogens with zero attached hydrogens (tertiary/aromatic N) is 2. The third-order valence-electron chi connectivity index (χ3n) is 1.58. The molecule has 1 rings (SSSR count). The Morgan fingerprint density at radius 2 is 2.00 bits per heavy atom. The Bertz CT molecular complexity index is 331. The van der Waals surface area contributed by atoms with Crippen LogP contribution >= 0.6 is 0 Å². The standard InChI is InChI=1S/C8H8F4N2O2/c9-7(10)8(11,12)4-16-6-2-13-5(3-15)1-14-6/h1-2,7,15H,3-4H2. The molecule has 0 atom stereocenters. The molecule has 1 aromatic heterocycles. The third-order valence-corrected chi connectivity index (χ3v) is 1.58. The molecule has 0 aromatic carbocycles. The molecule has 16 heavy (non-hydrogen) atoms. The minimum absolute atomic E-state index is 0.216. The van der Waals surface area contributed by atoms with Crippen LogP contribution in [0, 0.1) is 0 Å². The molecule has 0 aliphatic rings. The number of hydrogen-bond acceptors (Lipinski definition) is 4. The summed E-state index contributed by atoms with van der Waals surface area (Å²) in [6.07, 6.45) is -1.74. The predicted octanol–water partition coefficient (Wildman–Crippen LogP) is 1.25. The fourth-order valence-corrected chi connectivity index (χ4v) is 0.732. The van der Waals surface area contributed by atoms with Crippen LogP contribution < -0.4 is 4.74 Å². The molecular formula is C8H8F4N2O2. The van der Waals surface area contributed by atoms with Crippen molar-refractivity contribution in [2.45, 2.75) is 19.0 Å². The highest BCUT2D eigenvalue weighted by molar-refractivity contribution is 5.06. The Kier molecular flexibility index (Phi) is 3.99. The Morgan fingerprint density at radius 3 is 2.44 bits per heavy atom. The highest BCUT2D eigenvalue weighted by Gasteiger charge is 2.41. The Labute approximate surface area is 87.9 Å². The molecule has 4 nitrogen and oxygen atoms in total. The summed E-state index contributed by atoms with van der Waals surface area (Å²) in [6, 6.07) is 0. The minimum atomic E-state index is -4.22. The van der Waals surface area contributed by atoms with E-state index in [1.54, 1.807) is 0 Å². The maximum absolute atomic E-state index is 12.4. The molecule has 0 bridgehead atoms. The molecule has 1 heterocycles. The summed E-state index contributed by atoms with van der Waals surface area (Å²) in [5.74, 6) is -4.53. The molecule has 0 unspecified atom stereocenters. The van der Waals surface area contributed by atoms with Crippen LogP contribution in [0.15, 0.2) is 12.4 Å². The van der Waals surface area contributed by atoms with E-state index in [0.717, 1.165) is 12.4 Å². The van der Waals surface area contributed by atoms with Gasteiger partial charge in [0.05, 0.1) is 24.7 Å². The lowest BCUT2D eigenvalue weighted by atomic mass is 10.4. The van der Waals surface area contributed by atoms with Crippen LogP contribution in [0.5, 0.6) is 5.88 Å². The smallest absolute Gasteiger partial charge is 0.340 e. The van der Waals surface area contributed by atoms with Crippen LogP contribution in [0.25, 0.3) is 0 Å². The quantitative estimate of drug-likeness (QED) is 0.787. The average molecular weight is 240 g/mol. The van der Waals surface area contributed by atoms with Crippen LogP contribution in [0.2, 0.25) is 0 Å². The molecule has 0 saturated heterocycles. The lowest BCUT2D eigenvalue weighted by Crippen LogP contribution is -2.33. The zero-order valence-corrected chi connectivity index (χ0v) is 7.91. The van der Waals surface area contributed by atoms with Gasteiger partial charge in [-0.3, -0.25) is 4.98 Å². The number of aliphatic hydroxyl groups excluding tert-OH is 1. The molecule has 0 spiro atoms. The first kappa shape index (κ1) is 12.6. The van der Waals surface area contributed by atoms with E-state index in [1.807, 2.05) is 0 Å². The second-order valence-corrected chi connectivity index (χ2v) is 2.85. The minimum Gasteiger partial charge on any atom is -0.470 e. The van der Waals surface area contributed by atoms with Gasteiger partial charge in [-0.05, 0) is 0 Å². The molecule has 90 valence electrons. The van der Waals surface area contributed by atoms with Gasteiger partial charge >= 0.3 is 12.3 Å². The average Bonchev–Trinajstić information content (AvgIpc) is 2.27. The van der Waals surface area contributed by atoms with Gasteiger partial charge in [0, 0.05) is 0 Å². The molecule has 0 amide bonds. The van der Waals surface area contributed by atoms with Crippen molar-refractivity contribution in [2.75, 3.05) is 6.61 Å². The van der Waals surface area contributed by atoms with Crippen LogP contribution in [0.3, 0.4) is 0 Å². The van der Waals surface area contributed by atoms with E-state index in [2.05, 4.69) is 14.7 Å². The number of aromatic nitrogens is 2. The fraction of sp³-hybridized carbons (Fsp3) is 0.500.